The molecule has 1 saturated heterocycles. The third-order valence-electron chi connectivity index (χ3n) is 4.85. The molecule has 1 atom stereocenters. The number of ether oxygens (including phenoxy) is 2. The second kappa shape index (κ2) is 8.77. The van der Waals surface area contributed by atoms with E-state index < -0.39 is 17.9 Å². The fourth-order valence-electron chi connectivity index (χ4n) is 3.34. The topological polar surface area (TPSA) is 102 Å². The van der Waals surface area contributed by atoms with E-state index in [-0.39, 0.29) is 41.6 Å². The van der Waals surface area contributed by atoms with Crippen LogP contribution in [0.25, 0.3) is 0 Å². The van der Waals surface area contributed by atoms with E-state index in [9.17, 15) is 19.2 Å². The lowest BCUT2D eigenvalue weighted by Gasteiger charge is -2.17. The number of hydrogen-bond donors (Lipinski definition) is 1. The highest BCUT2D eigenvalue weighted by atomic mass is 16.5. The van der Waals surface area contributed by atoms with Crippen molar-refractivity contribution in [3.8, 4) is 0 Å². The highest BCUT2D eigenvalue weighted by Gasteiger charge is 2.35. The number of hydrogen-bond acceptors (Lipinski definition) is 6. The number of methoxy groups -OCH3 is 2. The number of carbonyl (C=O) groups excluding carboxylic acids is 4. The standard InChI is InChI=1S/C22H22N2O6/c1-13-5-4-6-18(7-13)24-12-16(11-19(24)25)20(26)23-17-9-14(21(27)29-2)8-15(10-17)22(28)30-3/h4-10,16H,11-12H2,1-3H3,(H,23,26). The molecule has 3 rings (SSSR count). The van der Waals surface area contributed by atoms with E-state index in [2.05, 4.69) is 5.32 Å². The monoisotopic (exact) mass is 410 g/mol. The number of carbonyl (C=O) groups is 4. The van der Waals surface area contributed by atoms with Crippen LogP contribution in [0.3, 0.4) is 0 Å². The summed E-state index contributed by atoms with van der Waals surface area (Å²) in [6.07, 6.45) is 0.0698. The van der Waals surface area contributed by atoms with Crippen molar-refractivity contribution < 1.29 is 28.7 Å². The number of aryl methyl sites for hydroxylation is 1. The van der Waals surface area contributed by atoms with Crippen molar-refractivity contribution in [1.82, 2.24) is 0 Å². The predicted octanol–water partition coefficient (Wildman–Crippen LogP) is 2.56. The maximum absolute atomic E-state index is 12.8. The van der Waals surface area contributed by atoms with E-state index in [0.29, 0.717) is 0 Å². The number of nitrogens with zero attached hydrogens (tertiary/aromatic N) is 1. The fraction of sp³-hybridized carbons (Fsp3) is 0.273. The van der Waals surface area contributed by atoms with Gasteiger partial charge in [-0.05, 0) is 42.8 Å². The number of rotatable bonds is 5. The zero-order valence-corrected chi connectivity index (χ0v) is 16.9. The molecule has 0 spiro atoms. The van der Waals surface area contributed by atoms with Gasteiger partial charge >= 0.3 is 11.9 Å². The molecule has 0 aromatic heterocycles. The summed E-state index contributed by atoms with van der Waals surface area (Å²) in [7, 11) is 2.44. The van der Waals surface area contributed by atoms with Gasteiger partial charge in [-0.1, -0.05) is 12.1 Å². The zero-order valence-electron chi connectivity index (χ0n) is 16.9. The summed E-state index contributed by atoms with van der Waals surface area (Å²) >= 11 is 0. The average Bonchev–Trinajstić information content (AvgIpc) is 3.14. The Morgan fingerprint density at radius 2 is 1.63 bits per heavy atom. The second-order valence-corrected chi connectivity index (χ2v) is 7.02. The van der Waals surface area contributed by atoms with E-state index >= 15 is 0 Å². The first-order chi connectivity index (χ1) is 14.3. The first-order valence-electron chi connectivity index (χ1n) is 9.32. The minimum absolute atomic E-state index is 0.0698. The minimum atomic E-state index is -0.655. The Labute approximate surface area is 173 Å². The lowest BCUT2D eigenvalue weighted by atomic mass is 10.1. The van der Waals surface area contributed by atoms with Crippen LogP contribution in [0.4, 0.5) is 11.4 Å². The molecule has 1 heterocycles. The highest BCUT2D eigenvalue weighted by molar-refractivity contribution is 6.04. The van der Waals surface area contributed by atoms with Gasteiger partial charge in [-0.25, -0.2) is 9.59 Å². The predicted molar refractivity (Wildman–Crippen MR) is 109 cm³/mol. The molecule has 0 aliphatic carbocycles. The Morgan fingerprint density at radius 3 is 2.20 bits per heavy atom. The molecular formula is C22H22N2O6. The summed E-state index contributed by atoms with van der Waals surface area (Å²) in [6, 6.07) is 11.6. The number of amides is 2. The number of nitrogens with one attached hydrogen (secondary N) is 1. The van der Waals surface area contributed by atoms with Gasteiger partial charge in [0.2, 0.25) is 11.8 Å². The maximum Gasteiger partial charge on any atom is 0.337 e. The van der Waals surface area contributed by atoms with Crippen LogP contribution in [0.5, 0.6) is 0 Å². The van der Waals surface area contributed by atoms with Crippen LogP contribution in [0.2, 0.25) is 0 Å². The van der Waals surface area contributed by atoms with Crippen molar-refractivity contribution in [2.45, 2.75) is 13.3 Å². The summed E-state index contributed by atoms with van der Waals surface area (Å²) in [5.74, 6) is -2.40. The van der Waals surface area contributed by atoms with Crippen LogP contribution in [-0.2, 0) is 19.1 Å². The summed E-state index contributed by atoms with van der Waals surface area (Å²) in [5.41, 5.74) is 2.20. The van der Waals surface area contributed by atoms with Gasteiger partial charge in [0.15, 0.2) is 0 Å². The van der Waals surface area contributed by atoms with Crippen LogP contribution >= 0.6 is 0 Å². The molecule has 2 aromatic rings. The molecule has 0 radical (unpaired) electrons. The molecule has 1 unspecified atom stereocenters. The van der Waals surface area contributed by atoms with Gasteiger partial charge < -0.3 is 19.7 Å². The molecular weight excluding hydrogens is 388 g/mol. The fourth-order valence-corrected chi connectivity index (χ4v) is 3.34. The van der Waals surface area contributed by atoms with E-state index in [1.54, 1.807) is 4.90 Å². The van der Waals surface area contributed by atoms with Crippen LogP contribution in [0.1, 0.15) is 32.7 Å². The molecule has 2 aromatic carbocycles. The summed E-state index contributed by atoms with van der Waals surface area (Å²) in [5, 5.41) is 2.69. The highest BCUT2D eigenvalue weighted by Crippen LogP contribution is 2.27. The lowest BCUT2D eigenvalue weighted by Crippen LogP contribution is -2.28. The van der Waals surface area contributed by atoms with Gasteiger partial charge in [0.05, 0.1) is 31.3 Å². The Bertz CT molecular complexity index is 982. The second-order valence-electron chi connectivity index (χ2n) is 7.02. The third kappa shape index (κ3) is 4.48. The first kappa shape index (κ1) is 21.0. The van der Waals surface area contributed by atoms with Crippen molar-refractivity contribution in [2.24, 2.45) is 5.92 Å². The maximum atomic E-state index is 12.8. The van der Waals surface area contributed by atoms with Gasteiger partial charge in [0.25, 0.3) is 0 Å². The molecule has 156 valence electrons. The van der Waals surface area contributed by atoms with Gasteiger partial charge in [0, 0.05) is 24.3 Å². The molecule has 1 N–H and O–H groups in total. The zero-order chi connectivity index (χ0) is 21.8. The van der Waals surface area contributed by atoms with Crippen molar-refractivity contribution in [3.63, 3.8) is 0 Å². The summed E-state index contributed by atoms with van der Waals surface area (Å²) in [6.45, 7) is 2.18. The van der Waals surface area contributed by atoms with Crippen LogP contribution < -0.4 is 10.2 Å². The number of anilines is 2. The molecule has 1 aliphatic rings. The van der Waals surface area contributed by atoms with Crippen molar-refractivity contribution in [1.29, 1.82) is 0 Å². The number of benzene rings is 2. The van der Waals surface area contributed by atoms with Gasteiger partial charge in [-0.3, -0.25) is 9.59 Å². The van der Waals surface area contributed by atoms with Crippen LogP contribution in [-0.4, -0.2) is 44.5 Å². The summed E-state index contributed by atoms with van der Waals surface area (Å²) in [4.78, 5) is 50.6. The van der Waals surface area contributed by atoms with Gasteiger partial charge in [-0.2, -0.15) is 0 Å². The Kier molecular flexibility index (Phi) is 6.15. The van der Waals surface area contributed by atoms with Gasteiger partial charge in [0.1, 0.15) is 0 Å². The van der Waals surface area contributed by atoms with Crippen LogP contribution in [0, 0.1) is 12.8 Å². The Balaban J connectivity index is 1.79. The van der Waals surface area contributed by atoms with E-state index in [1.807, 2.05) is 31.2 Å². The first-order valence-corrected chi connectivity index (χ1v) is 9.32. The Hall–Kier alpha value is -3.68. The van der Waals surface area contributed by atoms with Gasteiger partial charge in [-0.15, -0.1) is 0 Å². The number of esters is 2. The van der Waals surface area contributed by atoms with Crippen molar-refractivity contribution >= 4 is 35.1 Å². The molecule has 1 fully saturated rings. The van der Waals surface area contributed by atoms with E-state index in [4.69, 9.17) is 9.47 Å². The smallest absolute Gasteiger partial charge is 0.337 e. The van der Waals surface area contributed by atoms with E-state index in [1.165, 1.54) is 32.4 Å². The molecule has 1 aliphatic heterocycles. The van der Waals surface area contributed by atoms with E-state index in [0.717, 1.165) is 11.3 Å². The molecule has 8 heteroatoms. The van der Waals surface area contributed by atoms with Crippen molar-refractivity contribution in [3.05, 3.63) is 59.2 Å². The molecule has 2 amide bonds. The normalized spacial score (nSPS) is 15.6. The molecule has 8 nitrogen and oxygen atoms in total. The average molecular weight is 410 g/mol. The van der Waals surface area contributed by atoms with Crippen molar-refractivity contribution in [2.75, 3.05) is 31.0 Å². The Morgan fingerprint density at radius 1 is 1.00 bits per heavy atom. The van der Waals surface area contributed by atoms with Crippen LogP contribution in [0.15, 0.2) is 42.5 Å². The summed E-state index contributed by atoms with van der Waals surface area (Å²) < 4.78 is 9.39. The third-order valence-corrected chi connectivity index (χ3v) is 4.85. The molecule has 30 heavy (non-hydrogen) atoms. The molecule has 0 saturated carbocycles. The lowest BCUT2D eigenvalue weighted by molar-refractivity contribution is -0.122. The minimum Gasteiger partial charge on any atom is -0.465 e. The largest absolute Gasteiger partial charge is 0.465 e. The SMILES string of the molecule is COC(=O)c1cc(NC(=O)C2CC(=O)N(c3cccc(C)c3)C2)cc(C(=O)OC)c1. The molecule has 0 bridgehead atoms. The quantitative estimate of drug-likeness (QED) is 0.760.